The fourth-order valence-electron chi connectivity index (χ4n) is 1.15. The molecule has 0 saturated carbocycles. The monoisotopic (exact) mass is 213 g/mol. The second-order valence-corrected chi connectivity index (χ2v) is 9.38. The van der Waals surface area contributed by atoms with Crippen LogP contribution in [0, 0.1) is 0 Å². The Morgan fingerprint density at radius 1 is 1.09 bits per heavy atom. The van der Waals surface area contributed by atoms with Crippen molar-refractivity contribution in [2.45, 2.75) is 33.2 Å². The molecule has 0 atom stereocenters. The zero-order valence-corrected chi connectivity index (χ0v) is 10.0. The van der Waals surface area contributed by atoms with Crippen LogP contribution in [0.4, 0.5) is 0 Å². The van der Waals surface area contributed by atoms with Gasteiger partial charge in [0.25, 0.3) is 0 Å². The zero-order chi connectivity index (χ0) is 8.91. The first kappa shape index (κ1) is 11.8. The molecule has 0 radical (unpaired) electrons. The van der Waals surface area contributed by atoms with Gasteiger partial charge in [-0.05, 0) is 19.1 Å². The smallest absolute Gasteiger partial charge is 0.301 e. The highest BCUT2D eigenvalue weighted by molar-refractivity contribution is 7.44. The van der Waals surface area contributed by atoms with E-state index in [1.54, 1.807) is 0 Å². The van der Waals surface area contributed by atoms with Gasteiger partial charge in [0.2, 0.25) is 0 Å². The Hall–Kier alpha value is 0.757. The van der Waals surface area contributed by atoms with Gasteiger partial charge in [0.15, 0.2) is 0 Å². The van der Waals surface area contributed by atoms with Gasteiger partial charge in [-0.25, -0.2) is 0 Å². The lowest BCUT2D eigenvalue weighted by molar-refractivity contribution is 0.481. The van der Waals surface area contributed by atoms with E-state index in [2.05, 4.69) is 25.3 Å². The van der Waals surface area contributed by atoms with Gasteiger partial charge in [-0.15, -0.1) is 22.2 Å². The van der Waals surface area contributed by atoms with Crippen molar-refractivity contribution in [3.05, 3.63) is 0 Å². The van der Waals surface area contributed by atoms with Gasteiger partial charge in [0.1, 0.15) is 0 Å². The molecule has 68 valence electrons. The molecule has 0 unspecified atom stereocenters. The van der Waals surface area contributed by atoms with Crippen molar-refractivity contribution in [1.82, 2.24) is 4.57 Å². The molecule has 0 bridgehead atoms. The Balaban J connectivity index is 4.00. The minimum Gasteiger partial charge on any atom is -0.301 e. The van der Waals surface area contributed by atoms with E-state index in [1.165, 1.54) is 0 Å². The molecule has 0 N–H and O–H groups in total. The summed E-state index contributed by atoms with van der Waals surface area (Å²) in [6, 6.07) is 0.970. The summed E-state index contributed by atoms with van der Waals surface area (Å²) >= 11 is 12.5. The SMILES string of the molecule is CCC[Si](Cl)(Cl)N(CC)CC. The van der Waals surface area contributed by atoms with Crippen molar-refractivity contribution >= 4 is 29.0 Å². The summed E-state index contributed by atoms with van der Waals surface area (Å²) in [7, 11) is 0. The van der Waals surface area contributed by atoms with E-state index in [1.807, 2.05) is 0 Å². The Morgan fingerprint density at radius 2 is 1.55 bits per heavy atom. The van der Waals surface area contributed by atoms with Crippen LogP contribution in [0.3, 0.4) is 0 Å². The number of hydrogen-bond acceptors (Lipinski definition) is 1. The van der Waals surface area contributed by atoms with Crippen LogP contribution in [0.5, 0.6) is 0 Å². The second-order valence-electron chi connectivity index (χ2n) is 2.59. The molecule has 0 aromatic carbocycles. The Kier molecular flexibility index (Phi) is 5.78. The lowest BCUT2D eigenvalue weighted by Gasteiger charge is -2.29. The van der Waals surface area contributed by atoms with Crippen LogP contribution in [0.25, 0.3) is 0 Å². The van der Waals surface area contributed by atoms with E-state index in [0.717, 1.165) is 25.6 Å². The maximum atomic E-state index is 6.23. The first-order valence-electron chi connectivity index (χ1n) is 4.21. The van der Waals surface area contributed by atoms with Crippen LogP contribution in [0.2, 0.25) is 6.04 Å². The number of rotatable bonds is 5. The van der Waals surface area contributed by atoms with Gasteiger partial charge >= 0.3 is 6.86 Å². The summed E-state index contributed by atoms with van der Waals surface area (Å²) in [6.45, 7) is 6.21. The Morgan fingerprint density at radius 3 is 1.82 bits per heavy atom. The molecular weight excluding hydrogens is 197 g/mol. The van der Waals surface area contributed by atoms with Crippen LogP contribution in [-0.4, -0.2) is 24.5 Å². The lowest BCUT2D eigenvalue weighted by Crippen LogP contribution is -2.44. The number of halogens is 2. The molecule has 0 saturated heterocycles. The lowest BCUT2D eigenvalue weighted by atomic mass is 10.6. The molecule has 0 aliphatic heterocycles. The van der Waals surface area contributed by atoms with Crippen LogP contribution in [-0.2, 0) is 0 Å². The number of nitrogens with zero attached hydrogens (tertiary/aromatic N) is 1. The average molecular weight is 214 g/mol. The molecule has 0 aliphatic carbocycles. The second kappa shape index (κ2) is 5.41. The third-order valence-electron chi connectivity index (χ3n) is 1.78. The maximum absolute atomic E-state index is 6.23. The first-order valence-corrected chi connectivity index (χ1v) is 8.39. The normalized spacial score (nSPS) is 12.5. The van der Waals surface area contributed by atoms with Crippen molar-refractivity contribution in [2.75, 3.05) is 13.1 Å². The van der Waals surface area contributed by atoms with Crippen molar-refractivity contribution in [1.29, 1.82) is 0 Å². The summed E-state index contributed by atoms with van der Waals surface area (Å²) in [5.41, 5.74) is 0. The van der Waals surface area contributed by atoms with Gasteiger partial charge < -0.3 is 4.57 Å². The molecular formula is C7H17Cl2NSi. The minimum atomic E-state index is -2.05. The van der Waals surface area contributed by atoms with E-state index >= 15 is 0 Å². The molecule has 0 amide bonds. The van der Waals surface area contributed by atoms with Crippen molar-refractivity contribution in [3.8, 4) is 0 Å². The largest absolute Gasteiger partial charge is 0.324 e. The van der Waals surface area contributed by atoms with Gasteiger partial charge in [0, 0.05) is 0 Å². The fraction of sp³-hybridized carbons (Fsp3) is 1.00. The molecule has 0 fully saturated rings. The predicted molar refractivity (Wildman–Crippen MR) is 55.5 cm³/mol. The maximum Gasteiger partial charge on any atom is 0.324 e. The first-order chi connectivity index (χ1) is 5.08. The quantitative estimate of drug-likeness (QED) is 0.502. The molecule has 0 spiro atoms. The molecule has 0 aromatic heterocycles. The molecule has 0 heterocycles. The van der Waals surface area contributed by atoms with Gasteiger partial charge in [-0.2, -0.15) is 0 Å². The zero-order valence-electron chi connectivity index (χ0n) is 7.53. The van der Waals surface area contributed by atoms with Crippen LogP contribution >= 0.6 is 22.2 Å². The van der Waals surface area contributed by atoms with E-state index < -0.39 is 6.86 Å². The van der Waals surface area contributed by atoms with Crippen molar-refractivity contribution < 1.29 is 0 Å². The van der Waals surface area contributed by atoms with Crippen LogP contribution in [0.1, 0.15) is 27.2 Å². The number of hydrogen-bond donors (Lipinski definition) is 0. The van der Waals surface area contributed by atoms with Gasteiger partial charge in [-0.3, -0.25) is 0 Å². The Labute approximate surface area is 80.2 Å². The van der Waals surface area contributed by atoms with E-state index in [0.29, 0.717) is 0 Å². The minimum absolute atomic E-state index is 0.968. The topological polar surface area (TPSA) is 3.24 Å². The van der Waals surface area contributed by atoms with Crippen LogP contribution < -0.4 is 0 Å². The van der Waals surface area contributed by atoms with Gasteiger partial charge in [-0.1, -0.05) is 27.2 Å². The summed E-state index contributed by atoms with van der Waals surface area (Å²) in [4.78, 5) is 0. The highest BCUT2D eigenvalue weighted by Crippen LogP contribution is 2.25. The highest BCUT2D eigenvalue weighted by atomic mass is 35.7. The summed E-state index contributed by atoms with van der Waals surface area (Å²) in [6.07, 6.45) is 1.08. The molecule has 4 heteroatoms. The van der Waals surface area contributed by atoms with Crippen molar-refractivity contribution in [2.24, 2.45) is 0 Å². The summed E-state index contributed by atoms with van der Waals surface area (Å²) in [5, 5.41) is 0. The van der Waals surface area contributed by atoms with Crippen molar-refractivity contribution in [3.63, 3.8) is 0 Å². The van der Waals surface area contributed by atoms with E-state index in [-0.39, 0.29) is 0 Å². The fourth-order valence-corrected chi connectivity index (χ4v) is 5.56. The standard InChI is InChI=1S/C7H17Cl2NSi/c1-4-7-11(8,9)10(5-2)6-3/h4-7H2,1-3H3. The summed E-state index contributed by atoms with van der Waals surface area (Å²) < 4.78 is 2.19. The van der Waals surface area contributed by atoms with Crippen LogP contribution in [0.15, 0.2) is 0 Å². The third kappa shape index (κ3) is 3.79. The molecule has 11 heavy (non-hydrogen) atoms. The predicted octanol–water partition coefficient (Wildman–Crippen LogP) is 3.15. The third-order valence-corrected chi connectivity index (χ3v) is 7.00. The van der Waals surface area contributed by atoms with E-state index in [4.69, 9.17) is 22.2 Å². The average Bonchev–Trinajstić information content (AvgIpc) is 1.89. The molecule has 1 nitrogen and oxygen atoms in total. The highest BCUT2D eigenvalue weighted by Gasteiger charge is 2.33. The molecule has 0 aliphatic rings. The van der Waals surface area contributed by atoms with E-state index in [9.17, 15) is 0 Å². The molecule has 0 aromatic rings. The Bertz CT molecular complexity index is 105. The molecule has 0 rings (SSSR count). The summed E-state index contributed by atoms with van der Waals surface area (Å²) in [5.74, 6) is 0. The van der Waals surface area contributed by atoms with Gasteiger partial charge in [0.05, 0.1) is 0 Å².